The molecule has 1 aromatic heterocycles. The molecule has 2 aromatic carbocycles. The molecule has 1 aliphatic heterocycles. The van der Waals surface area contributed by atoms with Crippen LogP contribution in [0.15, 0.2) is 48.5 Å². The van der Waals surface area contributed by atoms with E-state index in [1.165, 1.54) is 51.7 Å². The first-order valence-corrected chi connectivity index (χ1v) is 12.3. The molecule has 5 rings (SSSR count). The van der Waals surface area contributed by atoms with Crippen molar-refractivity contribution in [1.29, 1.82) is 0 Å². The Morgan fingerprint density at radius 2 is 1.81 bits per heavy atom. The molecule has 1 amide bonds. The number of fused-ring (bicyclic) bond motifs is 2. The van der Waals surface area contributed by atoms with Crippen molar-refractivity contribution >= 4 is 22.9 Å². The maximum absolute atomic E-state index is 12.5. The molecule has 31 heavy (non-hydrogen) atoms. The van der Waals surface area contributed by atoms with Crippen molar-refractivity contribution in [1.82, 2.24) is 10.3 Å². The van der Waals surface area contributed by atoms with Crippen molar-refractivity contribution in [3.05, 3.63) is 80.8 Å². The van der Waals surface area contributed by atoms with Crippen LogP contribution in [0, 0.1) is 0 Å². The topological polar surface area (TPSA) is 45.2 Å². The van der Waals surface area contributed by atoms with Gasteiger partial charge < -0.3 is 10.2 Å². The molecular weight excluding hydrogens is 402 g/mol. The van der Waals surface area contributed by atoms with Gasteiger partial charge in [-0.2, -0.15) is 0 Å². The van der Waals surface area contributed by atoms with Crippen LogP contribution in [0.1, 0.15) is 56.3 Å². The van der Waals surface area contributed by atoms with Crippen LogP contribution < -0.4 is 10.2 Å². The fraction of sp³-hybridized carbons (Fsp3) is 0.385. The molecule has 2 heterocycles. The highest BCUT2D eigenvalue weighted by Crippen LogP contribution is 2.27. The van der Waals surface area contributed by atoms with E-state index < -0.39 is 0 Å². The lowest BCUT2D eigenvalue weighted by molar-refractivity contribution is 0.0953. The summed E-state index contributed by atoms with van der Waals surface area (Å²) in [5, 5.41) is 4.30. The van der Waals surface area contributed by atoms with Gasteiger partial charge in [-0.3, -0.25) is 4.79 Å². The molecule has 0 radical (unpaired) electrons. The number of carbonyl (C=O) groups excluding carboxylic acids is 1. The maximum Gasteiger partial charge on any atom is 0.251 e. The van der Waals surface area contributed by atoms with E-state index >= 15 is 0 Å². The van der Waals surface area contributed by atoms with Crippen molar-refractivity contribution in [2.75, 3.05) is 18.0 Å². The number of carbonyl (C=O) groups is 1. The lowest BCUT2D eigenvalue weighted by atomic mass is 9.99. The minimum Gasteiger partial charge on any atom is -0.367 e. The molecule has 0 spiro atoms. The summed E-state index contributed by atoms with van der Waals surface area (Å²) in [6, 6.07) is 16.7. The Balaban J connectivity index is 1.11. The summed E-state index contributed by atoms with van der Waals surface area (Å²) in [5.41, 5.74) is 6.08. The number of thiazole rings is 1. The standard InChI is InChI=1S/C26H29N3OS/c30-26(27-16-5-10-25-28-23-8-3-4-9-24(23)31-25)20-11-13-22(14-12-20)29-17-15-19-6-1-2-7-21(19)18-29/h1-2,6-7,11-14H,3-5,8-10,15-18H2,(H,27,30). The van der Waals surface area contributed by atoms with Crippen LogP contribution in [0.3, 0.4) is 0 Å². The SMILES string of the molecule is O=C(NCCCc1nc2c(s1)CCCC2)c1ccc(N2CCc3ccccc3C2)cc1. The number of anilines is 1. The molecule has 3 aromatic rings. The second-order valence-corrected chi connectivity index (χ2v) is 9.70. The van der Waals surface area contributed by atoms with Crippen molar-refractivity contribution in [2.45, 2.75) is 51.5 Å². The molecule has 160 valence electrons. The number of nitrogens with one attached hydrogen (secondary N) is 1. The summed E-state index contributed by atoms with van der Waals surface area (Å²) in [4.78, 5) is 21.2. The Kier molecular flexibility index (Phi) is 6.03. The summed E-state index contributed by atoms with van der Waals surface area (Å²) in [7, 11) is 0. The zero-order valence-corrected chi connectivity index (χ0v) is 18.7. The van der Waals surface area contributed by atoms with E-state index in [9.17, 15) is 4.79 Å². The average Bonchev–Trinajstić information content (AvgIpc) is 3.24. The highest BCUT2D eigenvalue weighted by Gasteiger charge is 2.17. The van der Waals surface area contributed by atoms with Gasteiger partial charge in [0.1, 0.15) is 0 Å². The fourth-order valence-electron chi connectivity index (χ4n) is 4.60. The van der Waals surface area contributed by atoms with E-state index in [-0.39, 0.29) is 5.91 Å². The number of hydrogen-bond donors (Lipinski definition) is 1. The molecule has 0 saturated carbocycles. The summed E-state index contributed by atoms with van der Waals surface area (Å²) in [6.45, 7) is 2.64. The molecule has 0 fully saturated rings. The minimum atomic E-state index is 0.00831. The fourth-order valence-corrected chi connectivity index (χ4v) is 5.79. The molecule has 4 nitrogen and oxygen atoms in total. The largest absolute Gasteiger partial charge is 0.367 e. The van der Waals surface area contributed by atoms with E-state index in [4.69, 9.17) is 4.98 Å². The van der Waals surface area contributed by atoms with Crippen molar-refractivity contribution in [2.24, 2.45) is 0 Å². The third-order valence-corrected chi connectivity index (χ3v) is 7.59. The Labute approximate surface area is 188 Å². The Hall–Kier alpha value is -2.66. The number of hydrogen-bond acceptors (Lipinski definition) is 4. The predicted octanol–water partition coefficient (Wildman–Crippen LogP) is 4.95. The summed E-state index contributed by atoms with van der Waals surface area (Å²) < 4.78 is 0. The summed E-state index contributed by atoms with van der Waals surface area (Å²) >= 11 is 1.87. The van der Waals surface area contributed by atoms with Gasteiger partial charge in [0.05, 0.1) is 10.7 Å². The molecule has 0 atom stereocenters. The van der Waals surface area contributed by atoms with Gasteiger partial charge in [0.2, 0.25) is 0 Å². The zero-order chi connectivity index (χ0) is 21.0. The second kappa shape index (κ2) is 9.23. The smallest absolute Gasteiger partial charge is 0.251 e. The summed E-state index contributed by atoms with van der Waals surface area (Å²) in [6.07, 6.45) is 7.87. The molecule has 1 aliphatic carbocycles. The van der Waals surface area contributed by atoms with Crippen LogP contribution in [-0.4, -0.2) is 24.0 Å². The lowest BCUT2D eigenvalue weighted by Crippen LogP contribution is -2.30. The highest BCUT2D eigenvalue weighted by molar-refractivity contribution is 7.11. The van der Waals surface area contributed by atoms with E-state index in [1.807, 2.05) is 23.5 Å². The monoisotopic (exact) mass is 431 g/mol. The van der Waals surface area contributed by atoms with E-state index in [0.717, 1.165) is 44.3 Å². The van der Waals surface area contributed by atoms with Crippen molar-refractivity contribution < 1.29 is 4.79 Å². The predicted molar refractivity (Wildman–Crippen MR) is 127 cm³/mol. The molecular formula is C26H29N3OS. The van der Waals surface area contributed by atoms with Gasteiger partial charge in [-0.15, -0.1) is 11.3 Å². The van der Waals surface area contributed by atoms with E-state index in [0.29, 0.717) is 6.54 Å². The zero-order valence-electron chi connectivity index (χ0n) is 17.9. The number of amides is 1. The molecule has 0 saturated heterocycles. The Bertz CT molecular complexity index is 1030. The third-order valence-electron chi connectivity index (χ3n) is 6.37. The van der Waals surface area contributed by atoms with Gasteiger partial charge in [-0.05, 0) is 73.9 Å². The first kappa shape index (κ1) is 20.3. The second-order valence-electron chi connectivity index (χ2n) is 8.53. The maximum atomic E-state index is 12.5. The van der Waals surface area contributed by atoms with Crippen molar-refractivity contribution in [3.63, 3.8) is 0 Å². The van der Waals surface area contributed by atoms with Gasteiger partial charge in [0.15, 0.2) is 0 Å². The molecule has 5 heteroatoms. The van der Waals surface area contributed by atoms with Crippen LogP contribution in [-0.2, 0) is 32.2 Å². The van der Waals surface area contributed by atoms with E-state index in [2.05, 4.69) is 46.6 Å². The van der Waals surface area contributed by atoms with Gasteiger partial charge in [0, 0.05) is 42.2 Å². The van der Waals surface area contributed by atoms with Crippen LogP contribution in [0.2, 0.25) is 0 Å². The molecule has 2 aliphatic rings. The van der Waals surface area contributed by atoms with Crippen LogP contribution in [0.25, 0.3) is 0 Å². The number of aryl methyl sites for hydroxylation is 3. The van der Waals surface area contributed by atoms with Gasteiger partial charge in [-0.1, -0.05) is 24.3 Å². The number of benzene rings is 2. The average molecular weight is 432 g/mol. The van der Waals surface area contributed by atoms with Gasteiger partial charge >= 0.3 is 0 Å². The molecule has 0 unspecified atom stereocenters. The normalized spacial score (nSPS) is 15.3. The van der Waals surface area contributed by atoms with Crippen molar-refractivity contribution in [3.8, 4) is 0 Å². The highest BCUT2D eigenvalue weighted by atomic mass is 32.1. The third kappa shape index (κ3) is 4.67. The quantitative estimate of drug-likeness (QED) is 0.562. The number of aromatic nitrogens is 1. The minimum absolute atomic E-state index is 0.00831. The van der Waals surface area contributed by atoms with Gasteiger partial charge in [0.25, 0.3) is 5.91 Å². The number of nitrogens with zero attached hydrogens (tertiary/aromatic N) is 2. The van der Waals surface area contributed by atoms with Crippen LogP contribution in [0.5, 0.6) is 0 Å². The summed E-state index contributed by atoms with van der Waals surface area (Å²) in [5.74, 6) is 0.00831. The Morgan fingerprint density at radius 1 is 1.00 bits per heavy atom. The van der Waals surface area contributed by atoms with E-state index in [1.54, 1.807) is 0 Å². The molecule has 1 N–H and O–H groups in total. The van der Waals surface area contributed by atoms with Crippen LogP contribution >= 0.6 is 11.3 Å². The molecule has 0 bridgehead atoms. The first-order valence-electron chi connectivity index (χ1n) is 11.4. The Morgan fingerprint density at radius 3 is 2.65 bits per heavy atom. The van der Waals surface area contributed by atoms with Crippen LogP contribution in [0.4, 0.5) is 5.69 Å². The first-order chi connectivity index (χ1) is 15.3. The number of rotatable bonds is 6. The van der Waals surface area contributed by atoms with Gasteiger partial charge in [-0.25, -0.2) is 4.98 Å². The lowest BCUT2D eigenvalue weighted by Gasteiger charge is -2.30.